The smallest absolute Gasteiger partial charge is 0.247 e. The first kappa shape index (κ1) is 17.8. The van der Waals surface area contributed by atoms with Crippen molar-refractivity contribution in [3.8, 4) is 0 Å². The van der Waals surface area contributed by atoms with Gasteiger partial charge in [0, 0.05) is 57.3 Å². The molecule has 0 spiro atoms. The molecule has 1 aromatic rings. The van der Waals surface area contributed by atoms with E-state index >= 15 is 0 Å². The number of carbonyl (C=O) groups excluding carboxylic acids is 2. The van der Waals surface area contributed by atoms with Gasteiger partial charge in [-0.15, -0.1) is 0 Å². The Morgan fingerprint density at radius 3 is 2.52 bits per heavy atom. The van der Waals surface area contributed by atoms with Gasteiger partial charge in [-0.25, -0.2) is 0 Å². The maximum Gasteiger partial charge on any atom is 0.247 e. The van der Waals surface area contributed by atoms with Gasteiger partial charge in [0.1, 0.15) is 0 Å². The Bertz CT molecular complexity index is 844. The van der Waals surface area contributed by atoms with E-state index in [1.165, 1.54) is 22.4 Å². The van der Waals surface area contributed by atoms with E-state index in [0.717, 1.165) is 19.3 Å². The number of hydrogen-bond acceptors (Lipinski definition) is 3. The van der Waals surface area contributed by atoms with Crippen molar-refractivity contribution in [3.05, 3.63) is 52.9 Å². The van der Waals surface area contributed by atoms with Crippen LogP contribution in [0.5, 0.6) is 0 Å². The van der Waals surface area contributed by atoms with Gasteiger partial charge in [-0.05, 0) is 36.5 Å². The molecule has 0 aromatic carbocycles. The highest BCUT2D eigenvalue weighted by Gasteiger charge is 2.37. The molecule has 0 radical (unpaired) electrons. The van der Waals surface area contributed by atoms with Gasteiger partial charge in [0.2, 0.25) is 11.8 Å². The molecule has 1 aromatic heterocycles. The third-order valence-electron chi connectivity index (χ3n) is 5.89. The van der Waals surface area contributed by atoms with E-state index in [1.54, 1.807) is 12.2 Å². The summed E-state index contributed by atoms with van der Waals surface area (Å²) in [5.74, 6) is 0.341. The monoisotopic (exact) mass is 366 g/mol. The van der Waals surface area contributed by atoms with E-state index in [-0.39, 0.29) is 17.7 Å². The van der Waals surface area contributed by atoms with Crippen molar-refractivity contribution in [3.63, 3.8) is 0 Å². The minimum Gasteiger partial charge on any atom is -0.334 e. The lowest BCUT2D eigenvalue weighted by molar-refractivity contribution is -0.134. The number of aromatic nitrogens is 2. The van der Waals surface area contributed by atoms with Crippen molar-refractivity contribution in [2.24, 2.45) is 13.0 Å². The number of fused-ring (bicyclic) bond motifs is 1. The molecular formula is C21H26N4O2. The molecule has 0 bridgehead atoms. The molecule has 3 aliphatic rings. The second-order valence-electron chi connectivity index (χ2n) is 7.66. The van der Waals surface area contributed by atoms with Crippen LogP contribution in [-0.4, -0.2) is 57.6 Å². The molecule has 2 aliphatic heterocycles. The molecule has 2 amide bonds. The summed E-state index contributed by atoms with van der Waals surface area (Å²) >= 11 is 0. The average Bonchev–Trinajstić information content (AvgIpc) is 3.34. The summed E-state index contributed by atoms with van der Waals surface area (Å²) in [6.45, 7) is 4.56. The van der Waals surface area contributed by atoms with E-state index < -0.39 is 0 Å². The fraction of sp³-hybridized carbons (Fsp3) is 0.476. The van der Waals surface area contributed by atoms with Crippen molar-refractivity contribution >= 4 is 11.8 Å². The molecule has 27 heavy (non-hydrogen) atoms. The van der Waals surface area contributed by atoms with Gasteiger partial charge in [-0.1, -0.05) is 18.2 Å². The zero-order chi connectivity index (χ0) is 19.0. The van der Waals surface area contributed by atoms with E-state index in [9.17, 15) is 9.59 Å². The molecule has 1 unspecified atom stereocenters. The van der Waals surface area contributed by atoms with Gasteiger partial charge in [0.15, 0.2) is 0 Å². The van der Waals surface area contributed by atoms with Gasteiger partial charge in [0.05, 0.1) is 6.20 Å². The summed E-state index contributed by atoms with van der Waals surface area (Å²) in [6.07, 6.45) is 11.7. The predicted molar refractivity (Wildman–Crippen MR) is 103 cm³/mol. The average molecular weight is 366 g/mol. The lowest BCUT2D eigenvalue weighted by Crippen LogP contribution is -2.40. The number of carbonyl (C=O) groups is 2. The van der Waals surface area contributed by atoms with Crippen LogP contribution in [0.4, 0.5) is 0 Å². The molecule has 1 atom stereocenters. The maximum absolute atomic E-state index is 13.0. The van der Waals surface area contributed by atoms with Crippen LogP contribution in [0.25, 0.3) is 0 Å². The van der Waals surface area contributed by atoms with Crippen molar-refractivity contribution in [2.45, 2.75) is 26.2 Å². The number of allylic oxidation sites excluding steroid dienone is 3. The Kier molecular flexibility index (Phi) is 4.72. The first-order valence-electron chi connectivity index (χ1n) is 9.63. The van der Waals surface area contributed by atoms with E-state index in [1.807, 2.05) is 46.8 Å². The molecule has 6 nitrogen and oxygen atoms in total. The molecule has 3 heterocycles. The van der Waals surface area contributed by atoms with Crippen molar-refractivity contribution < 1.29 is 9.59 Å². The van der Waals surface area contributed by atoms with Gasteiger partial charge in [0.25, 0.3) is 0 Å². The van der Waals surface area contributed by atoms with Crippen LogP contribution in [-0.2, 0) is 29.5 Å². The van der Waals surface area contributed by atoms with Gasteiger partial charge >= 0.3 is 0 Å². The van der Waals surface area contributed by atoms with Crippen LogP contribution in [0.15, 0.2) is 41.6 Å². The third-order valence-corrected chi connectivity index (χ3v) is 5.89. The lowest BCUT2D eigenvalue weighted by Gasteiger charge is -2.28. The van der Waals surface area contributed by atoms with Crippen LogP contribution in [0.1, 0.15) is 24.6 Å². The minimum atomic E-state index is 0.0383. The summed E-state index contributed by atoms with van der Waals surface area (Å²) in [7, 11) is 1.95. The topological polar surface area (TPSA) is 58.4 Å². The highest BCUT2D eigenvalue weighted by atomic mass is 16.2. The number of hydrogen-bond donors (Lipinski definition) is 0. The molecule has 0 saturated heterocycles. The molecule has 0 fully saturated rings. The fourth-order valence-electron chi connectivity index (χ4n) is 4.36. The maximum atomic E-state index is 13.0. The first-order valence-corrected chi connectivity index (χ1v) is 9.63. The Labute approximate surface area is 159 Å². The second kappa shape index (κ2) is 7.18. The quantitative estimate of drug-likeness (QED) is 0.464. The van der Waals surface area contributed by atoms with Gasteiger partial charge < -0.3 is 9.80 Å². The highest BCUT2D eigenvalue weighted by Crippen LogP contribution is 2.31. The standard InChI is InChI=1S/C21H26N4O2/c1-3-4-5-6-20(26)24-11-17-13-25(14-18(17)12-24)21(27)15-7-8-16-10-22-23(2)19(16)9-15/h3-6,10,15H,7-9,11-14H2,1-2H3/b4-3+,6-5+. The zero-order valence-electron chi connectivity index (χ0n) is 16.0. The summed E-state index contributed by atoms with van der Waals surface area (Å²) in [4.78, 5) is 29.1. The van der Waals surface area contributed by atoms with Gasteiger partial charge in [-0.3, -0.25) is 14.3 Å². The second-order valence-corrected chi connectivity index (χ2v) is 7.66. The predicted octanol–water partition coefficient (Wildman–Crippen LogP) is 1.64. The summed E-state index contributed by atoms with van der Waals surface area (Å²) in [6, 6.07) is 0. The van der Waals surface area contributed by atoms with Crippen LogP contribution >= 0.6 is 0 Å². The summed E-state index contributed by atoms with van der Waals surface area (Å²) < 4.78 is 1.90. The first-order chi connectivity index (χ1) is 13.1. The summed E-state index contributed by atoms with van der Waals surface area (Å²) in [5, 5.41) is 4.32. The normalized spacial score (nSPS) is 22.2. The molecular weight excluding hydrogens is 340 g/mol. The molecule has 0 N–H and O–H groups in total. The largest absolute Gasteiger partial charge is 0.334 e. The number of aryl methyl sites for hydroxylation is 2. The Hall–Kier alpha value is -2.63. The zero-order valence-corrected chi connectivity index (χ0v) is 16.0. The van der Waals surface area contributed by atoms with Crippen molar-refractivity contribution in [1.29, 1.82) is 0 Å². The van der Waals surface area contributed by atoms with Crippen LogP contribution in [0, 0.1) is 5.92 Å². The van der Waals surface area contributed by atoms with E-state index in [4.69, 9.17) is 0 Å². The molecule has 0 saturated carbocycles. The molecule has 4 rings (SSSR count). The number of amides is 2. The van der Waals surface area contributed by atoms with Crippen molar-refractivity contribution in [2.75, 3.05) is 26.2 Å². The third kappa shape index (κ3) is 3.36. The highest BCUT2D eigenvalue weighted by molar-refractivity contribution is 5.89. The Morgan fingerprint density at radius 2 is 1.81 bits per heavy atom. The van der Waals surface area contributed by atoms with E-state index in [2.05, 4.69) is 5.10 Å². The van der Waals surface area contributed by atoms with Crippen LogP contribution in [0.2, 0.25) is 0 Å². The van der Waals surface area contributed by atoms with Crippen LogP contribution < -0.4 is 0 Å². The molecule has 6 heteroatoms. The molecule has 142 valence electrons. The van der Waals surface area contributed by atoms with Gasteiger partial charge in [-0.2, -0.15) is 5.10 Å². The van der Waals surface area contributed by atoms with Crippen molar-refractivity contribution in [1.82, 2.24) is 19.6 Å². The SMILES string of the molecule is C/C=C/C=C/C(=O)N1CC2=C(C1)CN(C(=O)C1CCc3cnn(C)c3C1)C2. The Morgan fingerprint density at radius 1 is 1.11 bits per heavy atom. The summed E-state index contributed by atoms with van der Waals surface area (Å²) in [5.41, 5.74) is 4.97. The Balaban J connectivity index is 1.34. The number of nitrogens with zero attached hydrogens (tertiary/aromatic N) is 4. The van der Waals surface area contributed by atoms with E-state index in [0.29, 0.717) is 26.2 Å². The van der Waals surface area contributed by atoms with Crippen LogP contribution in [0.3, 0.4) is 0 Å². The number of rotatable bonds is 3. The fourth-order valence-corrected chi connectivity index (χ4v) is 4.36. The lowest BCUT2D eigenvalue weighted by atomic mass is 9.87. The molecule has 1 aliphatic carbocycles. The minimum absolute atomic E-state index is 0.0383.